The van der Waals surface area contributed by atoms with Gasteiger partial charge in [0.15, 0.2) is 0 Å². The van der Waals surface area contributed by atoms with Gasteiger partial charge < -0.3 is 5.32 Å². The van der Waals surface area contributed by atoms with Crippen LogP contribution in [-0.2, 0) is 9.59 Å². The molecule has 2 atom stereocenters. The Kier molecular flexibility index (Phi) is 6.22. The minimum absolute atomic E-state index is 0.118. The van der Waals surface area contributed by atoms with Crippen LogP contribution < -0.4 is 5.32 Å². The molecule has 1 saturated heterocycles. The number of carbonyl (C=O) groups is 2. The van der Waals surface area contributed by atoms with Crippen LogP contribution in [0, 0.1) is 0 Å². The fraction of sp³-hybridized carbons (Fsp3) is 0.882. The Bertz CT molecular complexity index is 364. The Morgan fingerprint density at radius 3 is 2.43 bits per heavy atom. The molecule has 0 bridgehead atoms. The van der Waals surface area contributed by atoms with E-state index in [4.69, 9.17) is 0 Å². The molecule has 120 valence electrons. The number of Topliss-reactive ketones (excluding diaryl/α,β-unsaturated/α-hetero) is 1. The molecule has 4 heteroatoms. The molecule has 4 nitrogen and oxygen atoms in total. The van der Waals surface area contributed by atoms with Crippen LogP contribution in [0.5, 0.6) is 0 Å². The Morgan fingerprint density at radius 1 is 1.10 bits per heavy atom. The number of hydrogen-bond donors (Lipinski definition) is 1. The molecule has 0 aromatic carbocycles. The van der Waals surface area contributed by atoms with Gasteiger partial charge in [-0.15, -0.1) is 0 Å². The van der Waals surface area contributed by atoms with Crippen LogP contribution in [0.1, 0.15) is 71.6 Å². The standard InChI is InChI=1S/C17H30N2O2/c1-13(20)12-16-10-4-3-7-11-19(16)14(2)17(21)18-15-8-5-6-9-15/h14-16H,3-12H2,1-2H3,(H,18,21). The summed E-state index contributed by atoms with van der Waals surface area (Å²) in [5.41, 5.74) is 0. The van der Waals surface area contributed by atoms with E-state index >= 15 is 0 Å². The van der Waals surface area contributed by atoms with Crippen molar-refractivity contribution in [2.24, 2.45) is 0 Å². The second-order valence-electron chi connectivity index (χ2n) is 6.81. The normalized spacial score (nSPS) is 26.3. The number of nitrogens with zero attached hydrogens (tertiary/aromatic N) is 1. The van der Waals surface area contributed by atoms with Crippen LogP contribution in [0.15, 0.2) is 0 Å². The molecule has 1 N–H and O–H groups in total. The van der Waals surface area contributed by atoms with Gasteiger partial charge in [0.05, 0.1) is 6.04 Å². The summed E-state index contributed by atoms with van der Waals surface area (Å²) in [6, 6.07) is 0.501. The highest BCUT2D eigenvalue weighted by atomic mass is 16.2. The molecular formula is C17H30N2O2. The van der Waals surface area contributed by atoms with Crippen LogP contribution in [0.4, 0.5) is 0 Å². The fourth-order valence-corrected chi connectivity index (χ4v) is 3.80. The predicted octanol–water partition coefficient (Wildman–Crippen LogP) is 2.66. The summed E-state index contributed by atoms with van der Waals surface area (Å²) in [7, 11) is 0. The van der Waals surface area contributed by atoms with Gasteiger partial charge >= 0.3 is 0 Å². The van der Waals surface area contributed by atoms with Crippen LogP contribution in [-0.4, -0.2) is 41.3 Å². The molecule has 1 saturated carbocycles. The summed E-state index contributed by atoms with van der Waals surface area (Å²) in [6.45, 7) is 4.60. The molecule has 0 aromatic rings. The van der Waals surface area contributed by atoms with Crippen LogP contribution in [0.2, 0.25) is 0 Å². The highest BCUT2D eigenvalue weighted by molar-refractivity contribution is 5.82. The van der Waals surface area contributed by atoms with Crippen molar-refractivity contribution in [2.75, 3.05) is 6.54 Å². The van der Waals surface area contributed by atoms with Gasteiger partial charge in [0.1, 0.15) is 5.78 Å². The van der Waals surface area contributed by atoms with Crippen molar-refractivity contribution < 1.29 is 9.59 Å². The molecule has 0 aromatic heterocycles. The maximum Gasteiger partial charge on any atom is 0.237 e. The van der Waals surface area contributed by atoms with E-state index in [0.717, 1.165) is 32.2 Å². The summed E-state index contributed by atoms with van der Waals surface area (Å²) in [5.74, 6) is 0.382. The van der Waals surface area contributed by atoms with E-state index in [0.29, 0.717) is 12.5 Å². The van der Waals surface area contributed by atoms with Gasteiger partial charge in [-0.25, -0.2) is 0 Å². The number of hydrogen-bond acceptors (Lipinski definition) is 3. The van der Waals surface area contributed by atoms with E-state index in [2.05, 4.69) is 10.2 Å². The Balaban J connectivity index is 1.96. The van der Waals surface area contributed by atoms with Gasteiger partial charge in [0.25, 0.3) is 0 Å². The SMILES string of the molecule is CC(=O)CC1CCCCCN1C(C)C(=O)NC1CCCC1. The van der Waals surface area contributed by atoms with Crippen molar-refractivity contribution in [3.05, 3.63) is 0 Å². The third kappa shape index (κ3) is 4.80. The molecule has 2 rings (SSSR count). The molecular weight excluding hydrogens is 264 g/mol. The zero-order valence-electron chi connectivity index (χ0n) is 13.6. The quantitative estimate of drug-likeness (QED) is 0.848. The summed E-state index contributed by atoms with van der Waals surface area (Å²) in [6.07, 6.45) is 9.85. The van der Waals surface area contributed by atoms with Crippen molar-refractivity contribution >= 4 is 11.7 Å². The Morgan fingerprint density at radius 2 is 1.76 bits per heavy atom. The van der Waals surface area contributed by atoms with E-state index in [1.165, 1.54) is 25.7 Å². The first-order valence-electron chi connectivity index (χ1n) is 8.63. The Hall–Kier alpha value is -0.900. The largest absolute Gasteiger partial charge is 0.352 e. The van der Waals surface area contributed by atoms with Gasteiger partial charge in [-0.1, -0.05) is 25.7 Å². The number of nitrogens with one attached hydrogen (secondary N) is 1. The van der Waals surface area contributed by atoms with Crippen LogP contribution >= 0.6 is 0 Å². The van der Waals surface area contributed by atoms with Gasteiger partial charge in [0, 0.05) is 18.5 Å². The summed E-state index contributed by atoms with van der Waals surface area (Å²) in [4.78, 5) is 26.3. The molecule has 1 aliphatic carbocycles. The van der Waals surface area contributed by atoms with Gasteiger partial charge in [-0.05, 0) is 46.1 Å². The average Bonchev–Trinajstić information content (AvgIpc) is 2.83. The molecule has 1 heterocycles. The highest BCUT2D eigenvalue weighted by Crippen LogP contribution is 2.23. The molecule has 21 heavy (non-hydrogen) atoms. The number of amides is 1. The number of rotatable bonds is 5. The van der Waals surface area contributed by atoms with Crippen molar-refractivity contribution in [2.45, 2.75) is 89.8 Å². The predicted molar refractivity (Wildman–Crippen MR) is 84.1 cm³/mol. The van der Waals surface area contributed by atoms with Crippen LogP contribution in [0.25, 0.3) is 0 Å². The lowest BCUT2D eigenvalue weighted by Crippen LogP contribution is -2.51. The van der Waals surface area contributed by atoms with Gasteiger partial charge in [-0.3, -0.25) is 14.5 Å². The van der Waals surface area contributed by atoms with Crippen molar-refractivity contribution in [3.63, 3.8) is 0 Å². The minimum atomic E-state index is -0.118. The number of carbonyl (C=O) groups excluding carboxylic acids is 2. The van der Waals surface area contributed by atoms with Crippen molar-refractivity contribution in [1.29, 1.82) is 0 Å². The maximum absolute atomic E-state index is 12.5. The lowest BCUT2D eigenvalue weighted by Gasteiger charge is -2.34. The first-order chi connectivity index (χ1) is 10.1. The van der Waals surface area contributed by atoms with E-state index in [-0.39, 0.29) is 23.8 Å². The number of ketones is 1. The topological polar surface area (TPSA) is 49.4 Å². The Labute approximate surface area is 128 Å². The monoisotopic (exact) mass is 294 g/mol. The molecule has 2 aliphatic rings. The summed E-state index contributed by atoms with van der Waals surface area (Å²) >= 11 is 0. The lowest BCUT2D eigenvalue weighted by molar-refractivity contribution is -0.128. The molecule has 2 unspecified atom stereocenters. The fourth-order valence-electron chi connectivity index (χ4n) is 3.80. The summed E-state index contributed by atoms with van der Waals surface area (Å²) < 4.78 is 0. The van der Waals surface area contributed by atoms with Crippen molar-refractivity contribution in [3.8, 4) is 0 Å². The highest BCUT2D eigenvalue weighted by Gasteiger charge is 2.31. The van der Waals surface area contributed by atoms with Gasteiger partial charge in [0.2, 0.25) is 5.91 Å². The summed E-state index contributed by atoms with van der Waals surface area (Å²) in [5, 5.41) is 3.20. The zero-order chi connectivity index (χ0) is 15.2. The van der Waals surface area contributed by atoms with Crippen molar-refractivity contribution in [1.82, 2.24) is 10.2 Å². The molecule has 0 radical (unpaired) electrons. The average molecular weight is 294 g/mol. The molecule has 1 amide bonds. The zero-order valence-corrected chi connectivity index (χ0v) is 13.6. The van der Waals surface area contributed by atoms with E-state index in [1.807, 2.05) is 6.92 Å². The van der Waals surface area contributed by atoms with E-state index < -0.39 is 0 Å². The first kappa shape index (κ1) is 16.5. The molecule has 2 fully saturated rings. The van der Waals surface area contributed by atoms with Gasteiger partial charge in [-0.2, -0.15) is 0 Å². The second-order valence-corrected chi connectivity index (χ2v) is 6.81. The molecule has 0 spiro atoms. The lowest BCUT2D eigenvalue weighted by atomic mass is 10.0. The third-order valence-corrected chi connectivity index (χ3v) is 5.02. The maximum atomic E-state index is 12.5. The smallest absolute Gasteiger partial charge is 0.237 e. The second kappa shape index (κ2) is 7.92. The first-order valence-corrected chi connectivity index (χ1v) is 8.63. The van der Waals surface area contributed by atoms with E-state index in [1.54, 1.807) is 6.92 Å². The minimum Gasteiger partial charge on any atom is -0.352 e. The van der Waals surface area contributed by atoms with E-state index in [9.17, 15) is 9.59 Å². The van der Waals surface area contributed by atoms with Crippen LogP contribution in [0.3, 0.4) is 0 Å². The number of likely N-dealkylation sites (tertiary alicyclic amines) is 1. The molecule has 1 aliphatic heterocycles. The third-order valence-electron chi connectivity index (χ3n) is 5.02.